The van der Waals surface area contributed by atoms with Crippen LogP contribution in [0.1, 0.15) is 12.8 Å². The fourth-order valence-corrected chi connectivity index (χ4v) is 0.680. The third-order valence-corrected chi connectivity index (χ3v) is 1.17. The van der Waals surface area contributed by atoms with Crippen molar-refractivity contribution in [2.24, 2.45) is 0 Å². The SMILES string of the molecule is [C-]1=CC=CC1.[C-]1=CC=CC1.[Cl-].[Hf].[SiH3]. The first kappa shape index (κ1) is 19.0. The summed E-state index contributed by atoms with van der Waals surface area (Å²) in [6.07, 6.45) is 20.0. The summed E-state index contributed by atoms with van der Waals surface area (Å²) in [6, 6.07) is 0. The van der Waals surface area contributed by atoms with Gasteiger partial charge in [0, 0.05) is 25.8 Å². The van der Waals surface area contributed by atoms with Crippen molar-refractivity contribution < 1.29 is 38.3 Å². The summed E-state index contributed by atoms with van der Waals surface area (Å²) < 4.78 is 0. The molecule has 0 saturated heterocycles. The van der Waals surface area contributed by atoms with E-state index in [1.54, 1.807) is 0 Å². The Kier molecular flexibility index (Phi) is 21.7. The van der Waals surface area contributed by atoms with E-state index in [4.69, 9.17) is 0 Å². The van der Waals surface area contributed by atoms with Crippen molar-refractivity contribution in [3.63, 3.8) is 0 Å². The molecule has 0 aliphatic heterocycles. The molecule has 2 aliphatic rings. The minimum atomic E-state index is 0. The monoisotopic (exact) mass is 376 g/mol. The number of hydrogen-bond donors (Lipinski definition) is 0. The molecule has 71 valence electrons. The predicted molar refractivity (Wildman–Crippen MR) is 53.1 cm³/mol. The summed E-state index contributed by atoms with van der Waals surface area (Å²) in [5.74, 6) is 0. The average Bonchev–Trinajstić information content (AvgIpc) is 2.67. The molecule has 3 heteroatoms. The van der Waals surface area contributed by atoms with Crippen molar-refractivity contribution in [2.75, 3.05) is 0 Å². The van der Waals surface area contributed by atoms with Crippen molar-refractivity contribution in [1.29, 1.82) is 0 Å². The van der Waals surface area contributed by atoms with E-state index in [9.17, 15) is 0 Å². The van der Waals surface area contributed by atoms with Crippen molar-refractivity contribution in [3.8, 4) is 0 Å². The zero-order valence-corrected chi connectivity index (χ0v) is 14.1. The third-order valence-electron chi connectivity index (χ3n) is 1.17. The second-order valence-corrected chi connectivity index (χ2v) is 2.01. The van der Waals surface area contributed by atoms with Crippen molar-refractivity contribution in [1.82, 2.24) is 0 Å². The maximum atomic E-state index is 2.99. The number of hydrogen-bond acceptors (Lipinski definition) is 0. The number of halogens is 1. The standard InChI is InChI=1S/2C5H5.ClH.Hf.H3Si/c2*1-2-4-5-3-1;;;/h2*1-3H,4H2;1H;;1H3/q2*-1;;;/p-1. The summed E-state index contributed by atoms with van der Waals surface area (Å²) >= 11 is 0. The van der Waals surface area contributed by atoms with Crippen LogP contribution in [0.4, 0.5) is 0 Å². The Morgan fingerprint density at radius 3 is 1.31 bits per heavy atom. The Bertz CT molecular complexity index is 153. The molecule has 0 N–H and O–H groups in total. The van der Waals surface area contributed by atoms with Crippen LogP contribution in [0.25, 0.3) is 0 Å². The smallest absolute Gasteiger partial charge is 0 e. The summed E-state index contributed by atoms with van der Waals surface area (Å²) in [5, 5.41) is 0. The molecular formula is C10H13ClHfSi-3. The van der Waals surface area contributed by atoms with E-state index in [1.165, 1.54) is 0 Å². The van der Waals surface area contributed by atoms with Crippen LogP contribution in [-0.4, -0.2) is 11.0 Å². The normalized spacial score (nSPS) is 13.5. The third kappa shape index (κ3) is 12.3. The van der Waals surface area contributed by atoms with Gasteiger partial charge < -0.3 is 12.4 Å². The van der Waals surface area contributed by atoms with E-state index < -0.39 is 0 Å². The zero-order chi connectivity index (χ0) is 7.07. The minimum Gasteiger partial charge on any atom is -1.00 e. The van der Waals surface area contributed by atoms with Crippen LogP contribution >= 0.6 is 0 Å². The summed E-state index contributed by atoms with van der Waals surface area (Å²) in [7, 11) is 0. The summed E-state index contributed by atoms with van der Waals surface area (Å²) in [4.78, 5) is 0. The molecule has 2 rings (SSSR count). The van der Waals surface area contributed by atoms with Crippen molar-refractivity contribution in [2.45, 2.75) is 12.8 Å². The molecule has 0 spiro atoms. The fourth-order valence-electron chi connectivity index (χ4n) is 0.680. The van der Waals surface area contributed by atoms with Gasteiger partial charge in [0.05, 0.1) is 0 Å². The molecule has 0 aromatic carbocycles. The fraction of sp³-hybridized carbons (Fsp3) is 0.200. The van der Waals surface area contributed by atoms with E-state index in [0.717, 1.165) is 12.8 Å². The van der Waals surface area contributed by atoms with Gasteiger partial charge in [0.15, 0.2) is 0 Å². The van der Waals surface area contributed by atoms with E-state index in [0.29, 0.717) is 0 Å². The Labute approximate surface area is 110 Å². The second kappa shape index (κ2) is 14.8. The Morgan fingerprint density at radius 2 is 1.23 bits per heavy atom. The van der Waals surface area contributed by atoms with E-state index in [1.807, 2.05) is 24.3 Å². The van der Waals surface area contributed by atoms with Crippen LogP contribution < -0.4 is 12.4 Å². The van der Waals surface area contributed by atoms with Crippen LogP contribution in [0.2, 0.25) is 0 Å². The van der Waals surface area contributed by atoms with Crippen LogP contribution in [0.3, 0.4) is 0 Å². The van der Waals surface area contributed by atoms with Crippen molar-refractivity contribution >= 4 is 11.0 Å². The molecular weight excluding hydrogens is 362 g/mol. The van der Waals surface area contributed by atoms with Crippen LogP contribution in [-0.2, 0) is 25.8 Å². The summed E-state index contributed by atoms with van der Waals surface area (Å²) in [5.41, 5.74) is 0. The minimum absolute atomic E-state index is 0. The van der Waals surface area contributed by atoms with Crippen molar-refractivity contribution in [3.05, 3.63) is 48.6 Å². The van der Waals surface area contributed by atoms with Gasteiger partial charge in [-0.15, -0.1) is 12.8 Å². The van der Waals surface area contributed by atoms with Gasteiger partial charge in [-0.05, 0) is 11.0 Å². The van der Waals surface area contributed by atoms with Crippen LogP contribution in [0, 0.1) is 12.2 Å². The Balaban J connectivity index is -0.000000125. The first-order valence-corrected chi connectivity index (χ1v) is 3.43. The first-order chi connectivity index (χ1) is 5.00. The van der Waals surface area contributed by atoms with Gasteiger partial charge in [-0.2, -0.15) is 12.2 Å². The molecule has 0 nitrogen and oxygen atoms in total. The van der Waals surface area contributed by atoms with Gasteiger partial charge in [-0.25, -0.2) is 24.3 Å². The molecule has 0 bridgehead atoms. The second-order valence-electron chi connectivity index (χ2n) is 2.01. The predicted octanol–water partition coefficient (Wildman–Crippen LogP) is -1.57. The van der Waals surface area contributed by atoms with Gasteiger partial charge >= 0.3 is 0 Å². The molecule has 1 radical (unpaired) electrons. The van der Waals surface area contributed by atoms with Gasteiger partial charge in [0.2, 0.25) is 0 Å². The molecule has 0 heterocycles. The summed E-state index contributed by atoms with van der Waals surface area (Å²) in [6.45, 7) is 0. The Hall–Kier alpha value is 0.337. The Morgan fingerprint density at radius 1 is 0.846 bits per heavy atom. The molecule has 0 atom stereocenters. The molecule has 0 saturated carbocycles. The molecule has 0 fully saturated rings. The maximum absolute atomic E-state index is 2.99. The molecule has 2 aliphatic carbocycles. The van der Waals surface area contributed by atoms with Gasteiger partial charge in [0.1, 0.15) is 0 Å². The largest absolute Gasteiger partial charge is 1.00 e. The molecule has 0 unspecified atom stereocenters. The zero-order valence-electron chi connectivity index (χ0n) is 7.76. The quantitative estimate of drug-likeness (QED) is 0.355. The van der Waals surface area contributed by atoms with E-state index >= 15 is 0 Å². The molecule has 0 amide bonds. The maximum Gasteiger partial charge on any atom is 0 e. The van der Waals surface area contributed by atoms with Gasteiger partial charge in [-0.1, -0.05) is 0 Å². The first-order valence-electron chi connectivity index (χ1n) is 3.43. The van der Waals surface area contributed by atoms with Crippen LogP contribution in [0.5, 0.6) is 0 Å². The molecule has 13 heavy (non-hydrogen) atoms. The van der Waals surface area contributed by atoms with Crippen LogP contribution in [0.15, 0.2) is 36.5 Å². The molecule has 0 aromatic rings. The topological polar surface area (TPSA) is 0 Å². The number of rotatable bonds is 0. The van der Waals surface area contributed by atoms with Gasteiger partial charge in [0.25, 0.3) is 0 Å². The van der Waals surface area contributed by atoms with E-state index in [2.05, 4.69) is 24.3 Å². The molecule has 0 aromatic heterocycles. The van der Waals surface area contributed by atoms with Gasteiger partial charge in [-0.3, -0.25) is 12.2 Å². The average molecular weight is 375 g/mol. The van der Waals surface area contributed by atoms with E-state index in [-0.39, 0.29) is 49.2 Å². The number of allylic oxidation sites excluding steroid dienone is 8.